The monoisotopic (exact) mass is 482 g/mol. The standard InChI is InChI=1S/C23H22N4O6S/c1-31-18-8-5-4-7-16(18)22-24-21(33-25-22)14-32-23(28)15-10-11-17-19(13-15)34(29,30)26-20-9-3-2-6-12-27(17)20/h4-5,7-8,10-11,13H,2-3,6,9,12,14H2,1H3. The van der Waals surface area contributed by atoms with Crippen molar-refractivity contribution < 1.29 is 27.2 Å². The number of rotatable bonds is 5. The van der Waals surface area contributed by atoms with E-state index in [2.05, 4.69) is 14.5 Å². The van der Waals surface area contributed by atoms with Crippen molar-refractivity contribution in [3.05, 3.63) is 53.9 Å². The van der Waals surface area contributed by atoms with Gasteiger partial charge in [0.2, 0.25) is 5.82 Å². The van der Waals surface area contributed by atoms with Gasteiger partial charge in [-0.1, -0.05) is 23.7 Å². The predicted octanol–water partition coefficient (Wildman–Crippen LogP) is 3.58. The summed E-state index contributed by atoms with van der Waals surface area (Å²) in [5, 5.41) is 3.91. The third-order valence-electron chi connectivity index (χ3n) is 5.73. The number of carbonyl (C=O) groups is 1. The van der Waals surface area contributed by atoms with Crippen LogP contribution in [0.3, 0.4) is 0 Å². The van der Waals surface area contributed by atoms with Gasteiger partial charge in [-0.15, -0.1) is 4.40 Å². The number of hydrogen-bond acceptors (Lipinski definition) is 9. The largest absolute Gasteiger partial charge is 0.496 e. The van der Waals surface area contributed by atoms with Crippen LogP contribution in [0.2, 0.25) is 0 Å². The van der Waals surface area contributed by atoms with Gasteiger partial charge in [-0.25, -0.2) is 4.79 Å². The summed E-state index contributed by atoms with van der Waals surface area (Å²) in [5.74, 6) is 0.828. The zero-order chi connectivity index (χ0) is 23.7. The molecule has 1 saturated heterocycles. The Hall–Kier alpha value is -3.73. The number of methoxy groups -OCH3 is 1. The maximum Gasteiger partial charge on any atom is 0.338 e. The van der Waals surface area contributed by atoms with Crippen molar-refractivity contribution in [1.82, 2.24) is 10.1 Å². The van der Waals surface area contributed by atoms with E-state index in [-0.39, 0.29) is 23.0 Å². The summed E-state index contributed by atoms with van der Waals surface area (Å²) in [6.07, 6.45) is 3.48. The number of ether oxygens (including phenoxy) is 2. The van der Waals surface area contributed by atoms with Crippen molar-refractivity contribution >= 4 is 27.5 Å². The van der Waals surface area contributed by atoms with Crippen molar-refractivity contribution in [2.24, 2.45) is 4.40 Å². The molecule has 5 rings (SSSR count). The van der Waals surface area contributed by atoms with Gasteiger partial charge in [-0.3, -0.25) is 0 Å². The van der Waals surface area contributed by atoms with E-state index < -0.39 is 16.0 Å². The first-order valence-corrected chi connectivity index (χ1v) is 12.3. The van der Waals surface area contributed by atoms with Gasteiger partial charge in [0.05, 0.1) is 23.9 Å². The Balaban J connectivity index is 1.33. The summed E-state index contributed by atoms with van der Waals surface area (Å²) in [7, 11) is -2.36. The SMILES string of the molecule is COc1ccccc1-c1noc(COC(=O)c2ccc3c(c2)S(=O)(=O)N=C2CCCCCN23)n1. The highest BCUT2D eigenvalue weighted by molar-refractivity contribution is 7.90. The van der Waals surface area contributed by atoms with Gasteiger partial charge < -0.3 is 18.9 Å². The highest BCUT2D eigenvalue weighted by Crippen LogP contribution is 2.35. The maximum atomic E-state index is 12.8. The molecule has 2 aliphatic rings. The van der Waals surface area contributed by atoms with E-state index in [4.69, 9.17) is 14.0 Å². The fourth-order valence-corrected chi connectivity index (χ4v) is 5.35. The molecule has 2 aromatic carbocycles. The molecule has 0 radical (unpaired) electrons. The number of carbonyl (C=O) groups excluding carboxylic acids is 1. The number of fused-ring (bicyclic) bond motifs is 3. The number of aromatic nitrogens is 2. The van der Waals surface area contributed by atoms with Crippen LogP contribution in [-0.2, 0) is 21.4 Å². The number of hydrogen-bond donors (Lipinski definition) is 0. The second kappa shape index (κ2) is 8.90. The van der Waals surface area contributed by atoms with Gasteiger partial charge in [0.1, 0.15) is 16.5 Å². The summed E-state index contributed by atoms with van der Waals surface area (Å²) < 4.78 is 45.3. The fourth-order valence-electron chi connectivity index (χ4n) is 4.07. The summed E-state index contributed by atoms with van der Waals surface area (Å²) >= 11 is 0. The van der Waals surface area contributed by atoms with Crippen LogP contribution in [0.25, 0.3) is 11.4 Å². The van der Waals surface area contributed by atoms with E-state index in [0.717, 1.165) is 19.3 Å². The van der Waals surface area contributed by atoms with Crippen molar-refractivity contribution in [1.29, 1.82) is 0 Å². The molecule has 176 valence electrons. The number of benzene rings is 2. The van der Waals surface area contributed by atoms with E-state index in [0.29, 0.717) is 41.6 Å². The zero-order valence-electron chi connectivity index (χ0n) is 18.4. The number of para-hydroxylation sites is 1. The summed E-state index contributed by atoms with van der Waals surface area (Å²) in [6, 6.07) is 11.7. The van der Waals surface area contributed by atoms with Crippen LogP contribution >= 0.6 is 0 Å². The number of anilines is 1. The molecule has 11 heteroatoms. The molecule has 0 amide bonds. The lowest BCUT2D eigenvalue weighted by Crippen LogP contribution is -2.35. The molecule has 34 heavy (non-hydrogen) atoms. The van der Waals surface area contributed by atoms with E-state index in [1.54, 1.807) is 31.4 Å². The first-order valence-electron chi connectivity index (χ1n) is 10.8. The Morgan fingerprint density at radius 3 is 2.85 bits per heavy atom. The average Bonchev–Trinajstić information content (AvgIpc) is 3.20. The van der Waals surface area contributed by atoms with E-state index in [9.17, 15) is 13.2 Å². The molecular formula is C23H22N4O6S. The number of esters is 1. The van der Waals surface area contributed by atoms with Crippen LogP contribution in [0.4, 0.5) is 5.69 Å². The van der Waals surface area contributed by atoms with Crippen molar-refractivity contribution in [3.8, 4) is 17.1 Å². The molecular weight excluding hydrogens is 460 g/mol. The molecule has 0 bridgehead atoms. The van der Waals surface area contributed by atoms with Crippen molar-refractivity contribution in [2.75, 3.05) is 18.6 Å². The van der Waals surface area contributed by atoms with Crippen molar-refractivity contribution in [3.63, 3.8) is 0 Å². The van der Waals surface area contributed by atoms with Gasteiger partial charge in [-0.05, 0) is 43.2 Å². The fraction of sp³-hybridized carbons (Fsp3) is 0.304. The van der Waals surface area contributed by atoms with E-state index >= 15 is 0 Å². The minimum Gasteiger partial charge on any atom is -0.496 e. The summed E-state index contributed by atoms with van der Waals surface area (Å²) in [4.78, 5) is 18.8. The molecule has 0 saturated carbocycles. The first-order chi connectivity index (χ1) is 16.5. The van der Waals surface area contributed by atoms with Crippen LogP contribution in [0.1, 0.15) is 41.9 Å². The van der Waals surface area contributed by atoms with Crippen LogP contribution in [-0.4, -0.2) is 44.0 Å². The minimum absolute atomic E-state index is 0.00356. The Kier molecular flexibility index (Phi) is 5.78. The Morgan fingerprint density at radius 1 is 1.15 bits per heavy atom. The van der Waals surface area contributed by atoms with Gasteiger partial charge in [0.25, 0.3) is 15.9 Å². The highest BCUT2D eigenvalue weighted by atomic mass is 32.2. The topological polar surface area (TPSA) is 124 Å². The third-order valence-corrected chi connectivity index (χ3v) is 7.06. The molecule has 2 aliphatic heterocycles. The highest BCUT2D eigenvalue weighted by Gasteiger charge is 2.32. The quantitative estimate of drug-likeness (QED) is 0.502. The second-order valence-corrected chi connectivity index (χ2v) is 9.49. The molecule has 3 aromatic rings. The molecule has 0 unspecified atom stereocenters. The number of amidine groups is 1. The predicted molar refractivity (Wildman–Crippen MR) is 122 cm³/mol. The molecule has 0 aliphatic carbocycles. The Labute approximate surface area is 196 Å². The minimum atomic E-state index is -3.90. The Morgan fingerprint density at radius 2 is 2.00 bits per heavy atom. The first kappa shape index (κ1) is 22.1. The average molecular weight is 483 g/mol. The molecule has 0 N–H and O–H groups in total. The van der Waals surface area contributed by atoms with Gasteiger partial charge in [0, 0.05) is 13.0 Å². The molecule has 3 heterocycles. The molecule has 1 aromatic heterocycles. The third kappa shape index (κ3) is 4.14. The summed E-state index contributed by atoms with van der Waals surface area (Å²) in [6.45, 7) is 0.427. The van der Waals surface area contributed by atoms with Crippen molar-refractivity contribution in [2.45, 2.75) is 37.2 Å². The van der Waals surface area contributed by atoms with E-state index in [1.165, 1.54) is 6.07 Å². The molecule has 1 fully saturated rings. The van der Waals surface area contributed by atoms with Gasteiger partial charge in [-0.2, -0.15) is 13.4 Å². The second-order valence-electron chi connectivity index (χ2n) is 7.92. The summed E-state index contributed by atoms with van der Waals surface area (Å²) in [5.41, 5.74) is 1.28. The maximum absolute atomic E-state index is 12.8. The lowest BCUT2D eigenvalue weighted by Gasteiger charge is -2.29. The zero-order valence-corrected chi connectivity index (χ0v) is 19.2. The van der Waals surface area contributed by atoms with E-state index in [1.807, 2.05) is 17.0 Å². The molecule has 0 atom stereocenters. The normalized spacial score (nSPS) is 16.6. The van der Waals surface area contributed by atoms with Crippen LogP contribution in [0.5, 0.6) is 5.75 Å². The number of nitrogens with zero attached hydrogens (tertiary/aromatic N) is 4. The lowest BCUT2D eigenvalue weighted by atomic mass is 10.2. The van der Waals surface area contributed by atoms with Crippen LogP contribution in [0.15, 0.2) is 56.3 Å². The molecule has 0 spiro atoms. The molecule has 10 nitrogen and oxygen atoms in total. The Bertz CT molecular complexity index is 1380. The van der Waals surface area contributed by atoms with Gasteiger partial charge in [0.15, 0.2) is 6.61 Å². The van der Waals surface area contributed by atoms with Crippen LogP contribution < -0.4 is 9.64 Å². The van der Waals surface area contributed by atoms with Crippen LogP contribution in [0, 0.1) is 0 Å². The number of sulfonamides is 1. The lowest BCUT2D eigenvalue weighted by molar-refractivity contribution is 0.0429. The smallest absolute Gasteiger partial charge is 0.338 e. The van der Waals surface area contributed by atoms with Gasteiger partial charge >= 0.3 is 5.97 Å².